The molecular formula is C91H93N9O20. The van der Waals surface area contributed by atoms with E-state index in [1.165, 1.54) is 37.3 Å². The first-order valence-electron chi connectivity index (χ1n) is 36.5. The van der Waals surface area contributed by atoms with Crippen molar-refractivity contribution in [3.63, 3.8) is 0 Å². The van der Waals surface area contributed by atoms with Crippen LogP contribution in [0.2, 0.25) is 0 Å². The lowest BCUT2D eigenvalue weighted by Gasteiger charge is -2.07. The van der Waals surface area contributed by atoms with Crippen LogP contribution in [0.4, 0.5) is 0 Å². The lowest BCUT2D eigenvalue weighted by atomic mass is 10.1. The molecule has 0 atom stereocenters. The quantitative estimate of drug-likeness (QED) is 0.00181. The van der Waals surface area contributed by atoms with Gasteiger partial charge in [-0.05, 0) is 288 Å². The van der Waals surface area contributed by atoms with Gasteiger partial charge in [-0.15, -0.1) is 0 Å². The van der Waals surface area contributed by atoms with E-state index in [4.69, 9.17) is 61.3 Å². The molecule has 0 radical (unpaired) electrons. The van der Waals surface area contributed by atoms with Gasteiger partial charge < -0.3 is 63.8 Å². The van der Waals surface area contributed by atoms with Crippen LogP contribution in [0.5, 0.6) is 46.0 Å². The number of nitrogens with two attached hydrogens (primary N) is 2. The highest BCUT2D eigenvalue weighted by Gasteiger charge is 2.16. The molecule has 10 N–H and O–H groups in total. The predicted molar refractivity (Wildman–Crippen MR) is 457 cm³/mol. The Balaban J connectivity index is 0.000000532. The van der Waals surface area contributed by atoms with Crippen molar-refractivity contribution >= 4 is 82.7 Å². The summed E-state index contributed by atoms with van der Waals surface area (Å²) in [6, 6.07) is 55.5. The largest absolute Gasteiger partial charge is 0.508 e. The highest BCUT2D eigenvalue weighted by atomic mass is 16.6. The zero-order chi connectivity index (χ0) is 87.3. The number of phenolic OH excluding ortho intramolecular Hbond substituents is 3. The molecule has 8 rings (SSSR count). The van der Waals surface area contributed by atoms with Gasteiger partial charge in [0.2, 0.25) is 0 Å². The molecule has 0 saturated carbocycles. The molecule has 0 aliphatic heterocycles. The Morgan fingerprint density at radius 1 is 0.392 bits per heavy atom. The second-order valence-corrected chi connectivity index (χ2v) is 24.5. The van der Waals surface area contributed by atoms with Crippen LogP contribution in [0, 0.1) is 24.5 Å². The van der Waals surface area contributed by atoms with E-state index in [2.05, 4.69) is 61.5 Å². The molecular weight excluding hydrogens is 1540 g/mol. The minimum absolute atomic E-state index is 0. The van der Waals surface area contributed by atoms with Crippen molar-refractivity contribution in [3.8, 4) is 52.1 Å². The van der Waals surface area contributed by atoms with Crippen LogP contribution >= 0.6 is 0 Å². The number of carboxylic acids is 1. The third kappa shape index (κ3) is 38.6. The second kappa shape index (κ2) is 55.9. The Hall–Kier alpha value is -15.5. The fourth-order valence-electron chi connectivity index (χ4n) is 9.24. The van der Waals surface area contributed by atoms with Gasteiger partial charge in [0.05, 0.1) is 75.6 Å². The molecule has 0 unspecified atom stereocenters. The standard InChI is InChI=1S/C50H46N4O10.C17H17NO5.C16H16N2O2.C8H8O2.H4N2.H2O/c1-6-47(55)61-30-10-8-28-59-42-20-12-37(13-21-42)32-41(34-51)49(57)63-44-24-16-39(17-25-44)35(3)53-54-36(4)40-18-26-45(27-19-40)64-50(58)46(52-5)33-38-14-22-43(23-15-38)60-29-9-11-31-62-48(56)7-2;1-3-16(19)23-11-5-4-10-22-14-8-6-13(7-9-14)12-15(18-2)17(20)21;1-11(13-3-7-15(19)8-4-13)17-18-12(2)14-5-9-16(20)10-6-14;1-6(9)7-2-4-8(10)5-3-7;1-2;/h6-7,12-27,32-33H,1-2,8-11,28-31H2,3-4H3;3,6-9,12H,1,4-5,10-11H2,(H,20,21);3-10,19-20H,1-2H3;2-5,10H,1H3;1-2H2;1H2/b41-32+,46-33-,53-35+,54-36+;15-12-;17-11+,18-12+;;;. The summed E-state index contributed by atoms with van der Waals surface area (Å²) in [6.45, 7) is 35.3. The van der Waals surface area contributed by atoms with Gasteiger partial charge in [0.15, 0.2) is 5.78 Å². The molecule has 0 aromatic heterocycles. The van der Waals surface area contributed by atoms with Crippen LogP contribution in [0.1, 0.15) is 122 Å². The number of nitrogens with zero attached hydrogens (tertiary/aromatic N) is 7. The Morgan fingerprint density at radius 3 is 0.925 bits per heavy atom. The summed E-state index contributed by atoms with van der Waals surface area (Å²) in [5.74, 6) is 6.78. The molecule has 0 amide bonds. The van der Waals surface area contributed by atoms with E-state index in [0.717, 1.165) is 58.3 Å². The van der Waals surface area contributed by atoms with E-state index in [-0.39, 0.29) is 70.2 Å². The van der Waals surface area contributed by atoms with E-state index in [9.17, 15) is 49.0 Å². The van der Waals surface area contributed by atoms with Gasteiger partial charge in [-0.3, -0.25) is 26.1 Å². The maximum atomic E-state index is 12.8. The molecule has 8 aromatic rings. The monoisotopic (exact) mass is 1630 g/mol. The van der Waals surface area contributed by atoms with Crippen molar-refractivity contribution < 1.29 is 97.4 Å². The Morgan fingerprint density at radius 2 is 0.650 bits per heavy atom. The van der Waals surface area contributed by atoms with E-state index >= 15 is 0 Å². The summed E-state index contributed by atoms with van der Waals surface area (Å²) >= 11 is 0. The van der Waals surface area contributed by atoms with Gasteiger partial charge in [0.1, 0.15) is 57.6 Å². The Kier molecular flexibility index (Phi) is 46.0. The van der Waals surface area contributed by atoms with Crippen LogP contribution in [0.15, 0.2) is 269 Å². The maximum absolute atomic E-state index is 12.8. The number of unbranched alkanes of at least 4 members (excludes halogenated alkanes) is 3. The molecule has 0 aliphatic rings. The van der Waals surface area contributed by atoms with Crippen molar-refractivity contribution in [3.05, 3.63) is 316 Å². The van der Waals surface area contributed by atoms with Crippen molar-refractivity contribution in [2.24, 2.45) is 32.1 Å². The number of carbonyl (C=O) groups excluding carboxylic acids is 6. The summed E-state index contributed by atoms with van der Waals surface area (Å²) in [7, 11) is 0. The molecule has 0 fully saturated rings. The third-order valence-corrected chi connectivity index (χ3v) is 15.7. The van der Waals surface area contributed by atoms with Gasteiger partial charge >= 0.3 is 35.8 Å². The lowest BCUT2D eigenvalue weighted by molar-refractivity contribution is -0.138. The number of carboxylic acid groups (broad SMARTS) is 1. The van der Waals surface area contributed by atoms with Crippen molar-refractivity contribution in [2.75, 3.05) is 39.6 Å². The normalized spacial score (nSPS) is 11.1. The van der Waals surface area contributed by atoms with Crippen molar-refractivity contribution in [1.29, 1.82) is 5.26 Å². The fraction of sp³-hybridized carbons (Fsp3) is 0.187. The third-order valence-electron chi connectivity index (χ3n) is 15.7. The zero-order valence-electron chi connectivity index (χ0n) is 66.7. The van der Waals surface area contributed by atoms with Gasteiger partial charge in [-0.1, -0.05) is 56.1 Å². The smallest absolute Gasteiger partial charge is 0.354 e. The average molecular weight is 1630 g/mol. The molecule has 0 bridgehead atoms. The molecule has 622 valence electrons. The molecule has 29 heteroatoms. The van der Waals surface area contributed by atoms with Crippen LogP contribution in [0.3, 0.4) is 0 Å². The molecule has 0 aliphatic carbocycles. The number of phenols is 3. The van der Waals surface area contributed by atoms with E-state index in [1.54, 1.807) is 196 Å². The number of esters is 5. The summed E-state index contributed by atoms with van der Waals surface area (Å²) in [6.07, 6.45) is 11.6. The summed E-state index contributed by atoms with van der Waals surface area (Å²) in [5, 5.41) is 62.8. The minimum atomic E-state index is -1.25. The van der Waals surface area contributed by atoms with Gasteiger partial charge in [-0.2, -0.15) is 25.7 Å². The van der Waals surface area contributed by atoms with Crippen LogP contribution in [0.25, 0.3) is 27.9 Å². The number of rotatable bonds is 36. The maximum Gasteiger partial charge on any atom is 0.354 e. The highest BCUT2D eigenvalue weighted by molar-refractivity contribution is 6.04. The number of ketones is 1. The first-order chi connectivity index (χ1) is 57.3. The van der Waals surface area contributed by atoms with Crippen molar-refractivity contribution in [1.82, 2.24) is 0 Å². The highest BCUT2D eigenvalue weighted by Crippen LogP contribution is 2.23. The number of hydrogen-bond donors (Lipinski definition) is 6. The Labute approximate surface area is 695 Å². The molecule has 0 heterocycles. The van der Waals surface area contributed by atoms with Crippen LogP contribution < -0.4 is 35.4 Å². The SMILES string of the molecule is C/C(=N\N=C(/C)c1ccc(O)cc1)c1ccc(O)cc1.CC(=O)c1ccc(O)cc1.NN.O.[C-]#[N+]/C(=C\c1ccc(OCCCCOC(=O)C=C)cc1)C(=O)O.[C-]#[N+]/C(=C\c1ccc(OCCCCOC(=O)C=C)cc1)C(=O)Oc1ccc(/C(C)=N/N=C(\C)c2ccc(OC(=O)/C(C#N)=C/c3ccc(OCCCCOC(=O)C=C)cc3)cc2)cc1. The van der Waals surface area contributed by atoms with Crippen LogP contribution in [-0.4, -0.2) is 130 Å². The molecule has 29 nitrogen and oxygen atoms in total. The molecule has 120 heavy (non-hydrogen) atoms. The van der Waals surface area contributed by atoms with E-state index < -0.39 is 35.8 Å². The second-order valence-electron chi connectivity index (χ2n) is 24.5. The Bertz CT molecular complexity index is 4820. The topological polar surface area (TPSA) is 440 Å². The van der Waals surface area contributed by atoms with Crippen molar-refractivity contribution in [2.45, 2.75) is 73.1 Å². The zero-order valence-corrected chi connectivity index (χ0v) is 66.7. The number of Topliss-reactive ketones (excluding diaryl/α,β-unsaturated/α-hetero) is 1. The summed E-state index contributed by atoms with van der Waals surface area (Å²) in [4.78, 5) is 86.3. The summed E-state index contributed by atoms with van der Waals surface area (Å²) in [5.41, 5.74) is 7.69. The van der Waals surface area contributed by atoms with Gasteiger partial charge in [0, 0.05) is 23.8 Å². The number of aliphatic carboxylic acids is 1. The molecule has 0 spiro atoms. The number of hydrogen-bond acceptors (Lipinski definition) is 25. The number of carbonyl (C=O) groups is 7. The van der Waals surface area contributed by atoms with Gasteiger partial charge in [-0.25, -0.2) is 28.9 Å². The average Bonchev–Trinajstić information content (AvgIpc) is 0.855. The number of aromatic hydroxyl groups is 3. The number of benzene rings is 8. The first-order valence-corrected chi connectivity index (χ1v) is 36.5. The number of ether oxygens (including phenoxy) is 8. The lowest BCUT2D eigenvalue weighted by Crippen LogP contribution is -2.10. The van der Waals surface area contributed by atoms with E-state index in [1.807, 2.05) is 19.9 Å². The van der Waals surface area contributed by atoms with Crippen LogP contribution in [-0.2, 0) is 43.0 Å². The summed E-state index contributed by atoms with van der Waals surface area (Å²) < 4.78 is 42.5. The van der Waals surface area contributed by atoms with Gasteiger partial charge in [0.25, 0.3) is 11.4 Å². The number of hydrazine groups is 1. The molecule has 8 aromatic carbocycles. The minimum Gasteiger partial charge on any atom is -0.508 e. The predicted octanol–water partition coefficient (Wildman–Crippen LogP) is 14.9. The fourth-order valence-corrected chi connectivity index (χ4v) is 9.24. The first kappa shape index (κ1) is 98.7. The number of nitriles is 1. The van der Waals surface area contributed by atoms with E-state index in [0.29, 0.717) is 109 Å². The molecule has 0 saturated heterocycles.